The van der Waals surface area contributed by atoms with Crippen LogP contribution in [0.25, 0.3) is 0 Å². The summed E-state index contributed by atoms with van der Waals surface area (Å²) in [5.41, 5.74) is -0.272. The molecule has 0 atom stereocenters. The molecule has 1 aromatic carbocycles. The zero-order valence-electron chi connectivity index (χ0n) is 11.1. The molecule has 1 N–H and O–H groups in total. The third kappa shape index (κ3) is 4.10. The van der Waals surface area contributed by atoms with Gasteiger partial charge in [-0.2, -0.15) is 5.26 Å². The Morgan fingerprint density at radius 1 is 1.44 bits per heavy atom. The van der Waals surface area contributed by atoms with Crippen LogP contribution in [0.2, 0.25) is 0 Å². The summed E-state index contributed by atoms with van der Waals surface area (Å²) in [5.74, 6) is -0.464. The molecule has 0 bridgehead atoms. The van der Waals surface area contributed by atoms with E-state index in [0.717, 1.165) is 0 Å². The summed E-state index contributed by atoms with van der Waals surface area (Å²) in [6.07, 6.45) is 0. The summed E-state index contributed by atoms with van der Waals surface area (Å²) in [7, 11) is 0. The Balaban J connectivity index is 2.86. The van der Waals surface area contributed by atoms with Gasteiger partial charge in [-0.15, -0.1) is 0 Å². The van der Waals surface area contributed by atoms with E-state index in [0.29, 0.717) is 25.2 Å². The van der Waals surface area contributed by atoms with Crippen LogP contribution in [0.3, 0.4) is 0 Å². The van der Waals surface area contributed by atoms with E-state index in [1.54, 1.807) is 26.0 Å². The van der Waals surface area contributed by atoms with Gasteiger partial charge < -0.3 is 5.11 Å². The van der Waals surface area contributed by atoms with E-state index in [-0.39, 0.29) is 5.56 Å². The van der Waals surface area contributed by atoms with Crippen molar-refractivity contribution in [3.8, 4) is 6.07 Å². The number of likely N-dealkylation sites (N-methyl/N-ethyl adjacent to an activating group) is 1. The van der Waals surface area contributed by atoms with E-state index >= 15 is 0 Å². The molecule has 0 saturated carbocycles. The average Bonchev–Trinajstić information content (AvgIpc) is 2.29. The molecule has 0 aromatic heterocycles. The number of halogens is 1. The lowest BCUT2D eigenvalue weighted by atomic mass is 10.1. The summed E-state index contributed by atoms with van der Waals surface area (Å²) in [6, 6.07) is 6.64. The molecule has 0 radical (unpaired) electrons. The molecule has 3 nitrogen and oxygen atoms in total. The van der Waals surface area contributed by atoms with Gasteiger partial charge in [-0.3, -0.25) is 4.90 Å². The van der Waals surface area contributed by atoms with Crippen LogP contribution in [0.15, 0.2) is 18.2 Å². The highest BCUT2D eigenvalue weighted by Crippen LogP contribution is 2.15. The Morgan fingerprint density at radius 2 is 2.11 bits per heavy atom. The SMILES string of the molecule is CCN(Cc1cccc(C#N)c1F)CC(C)(C)O. The first-order chi connectivity index (χ1) is 8.37. The quantitative estimate of drug-likeness (QED) is 0.872. The summed E-state index contributed by atoms with van der Waals surface area (Å²) >= 11 is 0. The first-order valence-electron chi connectivity index (χ1n) is 5.99. The molecule has 4 heteroatoms. The largest absolute Gasteiger partial charge is 0.389 e. The van der Waals surface area contributed by atoms with E-state index in [1.807, 2.05) is 17.9 Å². The van der Waals surface area contributed by atoms with Gasteiger partial charge in [0.1, 0.15) is 11.9 Å². The fraction of sp³-hybridized carbons (Fsp3) is 0.500. The average molecular weight is 250 g/mol. The summed E-state index contributed by atoms with van der Waals surface area (Å²) in [5, 5.41) is 18.6. The second-order valence-corrected chi connectivity index (χ2v) is 5.01. The number of nitrogens with zero attached hydrogens (tertiary/aromatic N) is 2. The minimum atomic E-state index is -0.820. The molecule has 0 saturated heterocycles. The van der Waals surface area contributed by atoms with E-state index in [1.165, 1.54) is 6.07 Å². The molecule has 0 unspecified atom stereocenters. The highest BCUT2D eigenvalue weighted by Gasteiger charge is 2.18. The van der Waals surface area contributed by atoms with E-state index in [9.17, 15) is 9.50 Å². The number of nitriles is 1. The van der Waals surface area contributed by atoms with Gasteiger partial charge in [0.05, 0.1) is 11.2 Å². The molecule has 0 amide bonds. The first-order valence-corrected chi connectivity index (χ1v) is 5.99. The van der Waals surface area contributed by atoms with Crippen LogP contribution in [-0.2, 0) is 6.54 Å². The molecule has 1 aromatic rings. The molecule has 98 valence electrons. The van der Waals surface area contributed by atoms with E-state index < -0.39 is 11.4 Å². The lowest BCUT2D eigenvalue weighted by Gasteiger charge is -2.28. The van der Waals surface area contributed by atoms with Crippen LogP contribution >= 0.6 is 0 Å². The van der Waals surface area contributed by atoms with Crippen molar-refractivity contribution in [2.75, 3.05) is 13.1 Å². The molecule has 0 aliphatic heterocycles. The maximum Gasteiger partial charge on any atom is 0.145 e. The van der Waals surface area contributed by atoms with Crippen LogP contribution in [0, 0.1) is 17.1 Å². The Bertz CT molecular complexity index is 446. The maximum absolute atomic E-state index is 13.9. The number of hydrogen-bond donors (Lipinski definition) is 1. The second kappa shape index (κ2) is 5.94. The van der Waals surface area contributed by atoms with E-state index in [2.05, 4.69) is 0 Å². The normalized spacial score (nSPS) is 11.6. The third-order valence-electron chi connectivity index (χ3n) is 2.65. The fourth-order valence-corrected chi connectivity index (χ4v) is 1.86. The van der Waals surface area contributed by atoms with Crippen molar-refractivity contribution in [1.29, 1.82) is 5.26 Å². The topological polar surface area (TPSA) is 47.3 Å². The van der Waals surface area contributed by atoms with Gasteiger partial charge in [0.15, 0.2) is 0 Å². The zero-order chi connectivity index (χ0) is 13.8. The van der Waals surface area contributed by atoms with Gasteiger partial charge in [0, 0.05) is 18.7 Å². The van der Waals surface area contributed by atoms with Crippen LogP contribution < -0.4 is 0 Å². The molecular formula is C14H19FN2O. The van der Waals surface area contributed by atoms with Gasteiger partial charge in [-0.05, 0) is 26.5 Å². The Labute approximate surface area is 107 Å². The van der Waals surface area contributed by atoms with Crippen LogP contribution in [0.4, 0.5) is 4.39 Å². The van der Waals surface area contributed by atoms with Crippen molar-refractivity contribution >= 4 is 0 Å². The molecule has 18 heavy (non-hydrogen) atoms. The number of aliphatic hydroxyl groups is 1. The Kier molecular flexibility index (Phi) is 4.83. The molecule has 0 aliphatic carbocycles. The summed E-state index contributed by atoms with van der Waals surface area (Å²) in [4.78, 5) is 1.94. The number of hydrogen-bond acceptors (Lipinski definition) is 3. The van der Waals surface area contributed by atoms with Gasteiger partial charge in [-0.25, -0.2) is 4.39 Å². The Morgan fingerprint density at radius 3 is 2.61 bits per heavy atom. The summed E-state index contributed by atoms with van der Waals surface area (Å²) in [6.45, 7) is 6.95. The predicted molar refractivity (Wildman–Crippen MR) is 68.4 cm³/mol. The first kappa shape index (κ1) is 14.6. The van der Waals surface area contributed by atoms with Crippen LogP contribution in [0.1, 0.15) is 31.9 Å². The summed E-state index contributed by atoms with van der Waals surface area (Å²) < 4.78 is 13.9. The molecular weight excluding hydrogens is 231 g/mol. The van der Waals surface area contributed by atoms with Gasteiger partial charge in [0.2, 0.25) is 0 Å². The highest BCUT2D eigenvalue weighted by atomic mass is 19.1. The third-order valence-corrected chi connectivity index (χ3v) is 2.65. The van der Waals surface area contributed by atoms with Crippen LogP contribution in [0.5, 0.6) is 0 Å². The van der Waals surface area contributed by atoms with Gasteiger partial charge in [0.25, 0.3) is 0 Å². The lowest BCUT2D eigenvalue weighted by molar-refractivity contribution is 0.0350. The number of rotatable bonds is 5. The second-order valence-electron chi connectivity index (χ2n) is 5.01. The van der Waals surface area contributed by atoms with Crippen molar-refractivity contribution in [2.24, 2.45) is 0 Å². The Hall–Kier alpha value is -1.44. The van der Waals surface area contributed by atoms with Gasteiger partial charge >= 0.3 is 0 Å². The van der Waals surface area contributed by atoms with E-state index in [4.69, 9.17) is 5.26 Å². The molecule has 1 rings (SSSR count). The van der Waals surface area contributed by atoms with Gasteiger partial charge in [-0.1, -0.05) is 19.1 Å². The standard InChI is InChI=1S/C14H19FN2O/c1-4-17(10-14(2,3)18)9-12-7-5-6-11(8-16)13(12)15/h5-7,18H,4,9-10H2,1-3H3. The molecule has 0 fully saturated rings. The predicted octanol–water partition coefficient (Wildman–Crippen LogP) is 2.29. The zero-order valence-corrected chi connectivity index (χ0v) is 11.1. The van der Waals surface area contributed by atoms with Crippen molar-refractivity contribution in [1.82, 2.24) is 4.90 Å². The fourth-order valence-electron chi connectivity index (χ4n) is 1.86. The minimum absolute atomic E-state index is 0.0619. The lowest BCUT2D eigenvalue weighted by Crippen LogP contribution is -2.38. The van der Waals surface area contributed by atoms with Crippen molar-refractivity contribution in [3.63, 3.8) is 0 Å². The van der Waals surface area contributed by atoms with Crippen LogP contribution in [-0.4, -0.2) is 28.7 Å². The molecule has 0 spiro atoms. The smallest absolute Gasteiger partial charge is 0.145 e. The minimum Gasteiger partial charge on any atom is -0.389 e. The van der Waals surface area contributed by atoms with Crippen molar-refractivity contribution in [2.45, 2.75) is 32.9 Å². The molecule has 0 heterocycles. The van der Waals surface area contributed by atoms with Crippen molar-refractivity contribution in [3.05, 3.63) is 35.1 Å². The monoisotopic (exact) mass is 250 g/mol. The highest BCUT2D eigenvalue weighted by molar-refractivity contribution is 5.34. The van der Waals surface area contributed by atoms with Crippen molar-refractivity contribution < 1.29 is 9.50 Å². The molecule has 0 aliphatic rings. The number of benzene rings is 1. The maximum atomic E-state index is 13.9.